The summed E-state index contributed by atoms with van der Waals surface area (Å²) in [7, 11) is 0. The molecule has 0 heterocycles. The maximum atomic E-state index is 12.1. The van der Waals surface area contributed by atoms with Crippen LogP contribution in [0, 0.1) is 13.8 Å². The summed E-state index contributed by atoms with van der Waals surface area (Å²) >= 11 is 0. The third-order valence-electron chi connectivity index (χ3n) is 4.40. The van der Waals surface area contributed by atoms with Gasteiger partial charge < -0.3 is 20.1 Å². The summed E-state index contributed by atoms with van der Waals surface area (Å²) in [5.74, 6) is -1.36. The molecule has 2 rings (SSSR count). The van der Waals surface area contributed by atoms with Crippen LogP contribution < -0.4 is 20.8 Å². The Balaban J connectivity index is 1.70. The average molecular weight is 469 g/mol. The summed E-state index contributed by atoms with van der Waals surface area (Å²) in [4.78, 5) is 35.6. The van der Waals surface area contributed by atoms with Gasteiger partial charge >= 0.3 is 11.8 Å². The molecule has 0 saturated heterocycles. The van der Waals surface area contributed by atoms with Crippen molar-refractivity contribution in [1.82, 2.24) is 10.7 Å². The van der Waals surface area contributed by atoms with E-state index in [-0.39, 0.29) is 18.6 Å². The third kappa shape index (κ3) is 10.3. The van der Waals surface area contributed by atoms with E-state index >= 15 is 0 Å². The second-order valence-electron chi connectivity index (χ2n) is 8.01. The lowest BCUT2D eigenvalue weighted by atomic mass is 10.1. The Labute approximate surface area is 199 Å². The van der Waals surface area contributed by atoms with Crippen LogP contribution in [0.3, 0.4) is 0 Å². The molecule has 0 bridgehead atoms. The highest BCUT2D eigenvalue weighted by atomic mass is 16.5. The van der Waals surface area contributed by atoms with Crippen LogP contribution in [-0.2, 0) is 19.1 Å². The van der Waals surface area contributed by atoms with Crippen molar-refractivity contribution in [1.29, 1.82) is 0 Å². The summed E-state index contributed by atoms with van der Waals surface area (Å²) in [6, 6.07) is 12.6. The SMILES string of the molecule is Cc1cc(C)cc(NC(=O)COc2ccc(/C=N\NC(=O)C(=O)NCCCOC(C)C)cc2)c1. The van der Waals surface area contributed by atoms with E-state index < -0.39 is 11.8 Å². The number of amides is 3. The number of nitrogens with zero attached hydrogens (tertiary/aromatic N) is 1. The van der Waals surface area contributed by atoms with Gasteiger partial charge in [0.1, 0.15) is 5.75 Å². The van der Waals surface area contributed by atoms with E-state index in [9.17, 15) is 14.4 Å². The molecule has 3 amide bonds. The Bertz CT molecular complexity index is 983. The van der Waals surface area contributed by atoms with E-state index in [1.165, 1.54) is 6.21 Å². The van der Waals surface area contributed by atoms with E-state index in [0.717, 1.165) is 16.8 Å². The van der Waals surface area contributed by atoms with Gasteiger partial charge in [0.25, 0.3) is 5.91 Å². The lowest BCUT2D eigenvalue weighted by Gasteiger charge is -2.09. The highest BCUT2D eigenvalue weighted by Gasteiger charge is 2.11. The molecule has 0 fully saturated rings. The molecule has 0 radical (unpaired) electrons. The van der Waals surface area contributed by atoms with Gasteiger partial charge in [-0.3, -0.25) is 14.4 Å². The van der Waals surface area contributed by atoms with Gasteiger partial charge in [-0.25, -0.2) is 5.43 Å². The number of ether oxygens (including phenoxy) is 2. The summed E-state index contributed by atoms with van der Waals surface area (Å²) in [5.41, 5.74) is 5.72. The van der Waals surface area contributed by atoms with E-state index in [4.69, 9.17) is 9.47 Å². The standard InChI is InChI=1S/C25H32N4O5/c1-17(2)33-11-5-10-26-24(31)25(32)29-27-15-20-6-8-22(9-7-20)34-16-23(30)28-21-13-18(3)12-19(4)14-21/h6-9,12-15,17H,5,10-11,16H2,1-4H3,(H,26,31)(H,28,30)(H,29,32)/b27-15-. The number of hydrogen-bond acceptors (Lipinski definition) is 6. The quantitative estimate of drug-likeness (QED) is 0.203. The van der Waals surface area contributed by atoms with E-state index in [1.54, 1.807) is 24.3 Å². The molecular formula is C25H32N4O5. The van der Waals surface area contributed by atoms with Crippen molar-refractivity contribution in [2.24, 2.45) is 5.10 Å². The van der Waals surface area contributed by atoms with Crippen LogP contribution in [0.5, 0.6) is 5.75 Å². The minimum Gasteiger partial charge on any atom is -0.484 e. The molecule has 2 aromatic rings. The normalized spacial score (nSPS) is 10.9. The monoisotopic (exact) mass is 468 g/mol. The molecule has 2 aromatic carbocycles. The lowest BCUT2D eigenvalue weighted by Crippen LogP contribution is -2.38. The minimum absolute atomic E-state index is 0.127. The van der Waals surface area contributed by atoms with Crippen LogP contribution in [0.2, 0.25) is 0 Å². The van der Waals surface area contributed by atoms with Gasteiger partial charge in [-0.2, -0.15) is 5.10 Å². The first-order chi connectivity index (χ1) is 16.2. The second kappa shape index (κ2) is 13.7. The fourth-order valence-corrected chi connectivity index (χ4v) is 2.93. The molecule has 9 heteroatoms. The van der Waals surface area contributed by atoms with Gasteiger partial charge in [0.2, 0.25) is 0 Å². The molecule has 9 nitrogen and oxygen atoms in total. The van der Waals surface area contributed by atoms with E-state index in [1.807, 2.05) is 45.9 Å². The average Bonchev–Trinajstić information content (AvgIpc) is 2.77. The van der Waals surface area contributed by atoms with E-state index in [0.29, 0.717) is 30.9 Å². The highest BCUT2D eigenvalue weighted by molar-refractivity contribution is 6.35. The van der Waals surface area contributed by atoms with Crippen LogP contribution in [0.1, 0.15) is 37.0 Å². The number of hydrazone groups is 1. The molecule has 0 atom stereocenters. The maximum absolute atomic E-state index is 12.1. The van der Waals surface area contributed by atoms with Gasteiger partial charge in [0.05, 0.1) is 12.3 Å². The summed E-state index contributed by atoms with van der Waals surface area (Å²) in [6.45, 7) is 8.51. The molecular weight excluding hydrogens is 436 g/mol. The zero-order valence-corrected chi connectivity index (χ0v) is 20.0. The fourth-order valence-electron chi connectivity index (χ4n) is 2.93. The number of rotatable bonds is 11. The molecule has 0 spiro atoms. The highest BCUT2D eigenvalue weighted by Crippen LogP contribution is 2.14. The van der Waals surface area contributed by atoms with Crippen molar-refractivity contribution in [2.45, 2.75) is 40.2 Å². The lowest BCUT2D eigenvalue weighted by molar-refractivity contribution is -0.139. The molecule has 0 saturated carbocycles. The van der Waals surface area contributed by atoms with Crippen LogP contribution in [0.4, 0.5) is 5.69 Å². The molecule has 0 aliphatic rings. The van der Waals surface area contributed by atoms with Crippen molar-refractivity contribution in [3.63, 3.8) is 0 Å². The van der Waals surface area contributed by atoms with Crippen LogP contribution in [0.25, 0.3) is 0 Å². The number of anilines is 1. The number of hydrogen-bond donors (Lipinski definition) is 3. The fraction of sp³-hybridized carbons (Fsp3) is 0.360. The number of benzene rings is 2. The first kappa shape index (κ1) is 26.5. The molecule has 0 aliphatic heterocycles. The number of aryl methyl sites for hydroxylation is 2. The molecule has 0 aliphatic carbocycles. The number of nitrogens with one attached hydrogen (secondary N) is 3. The topological polar surface area (TPSA) is 118 Å². The summed E-state index contributed by atoms with van der Waals surface area (Å²) in [5, 5.41) is 9.09. The molecule has 0 aromatic heterocycles. The Morgan fingerprint density at radius 2 is 1.68 bits per heavy atom. The van der Waals surface area contributed by atoms with Crippen LogP contribution in [0.15, 0.2) is 47.6 Å². The Hall–Kier alpha value is -3.72. The zero-order valence-electron chi connectivity index (χ0n) is 20.0. The molecule has 0 unspecified atom stereocenters. The van der Waals surface area contributed by atoms with Crippen molar-refractivity contribution < 1.29 is 23.9 Å². The predicted molar refractivity (Wildman–Crippen MR) is 131 cm³/mol. The van der Waals surface area contributed by atoms with Crippen molar-refractivity contribution in [2.75, 3.05) is 25.1 Å². The Morgan fingerprint density at radius 1 is 1.00 bits per heavy atom. The van der Waals surface area contributed by atoms with Crippen LogP contribution >= 0.6 is 0 Å². The Morgan fingerprint density at radius 3 is 2.32 bits per heavy atom. The third-order valence-corrected chi connectivity index (χ3v) is 4.40. The largest absolute Gasteiger partial charge is 0.484 e. The van der Waals surface area contributed by atoms with Gasteiger partial charge in [0.15, 0.2) is 6.61 Å². The van der Waals surface area contributed by atoms with Crippen molar-refractivity contribution in [3.8, 4) is 5.75 Å². The smallest absolute Gasteiger partial charge is 0.329 e. The number of carbonyl (C=O) groups excluding carboxylic acids is 3. The minimum atomic E-state index is -0.851. The molecule has 3 N–H and O–H groups in total. The van der Waals surface area contributed by atoms with Gasteiger partial charge in [-0.05, 0) is 87.2 Å². The Kier molecular flexibility index (Phi) is 10.7. The van der Waals surface area contributed by atoms with Crippen molar-refractivity contribution >= 4 is 29.6 Å². The second-order valence-corrected chi connectivity index (χ2v) is 8.01. The van der Waals surface area contributed by atoms with Crippen LogP contribution in [-0.4, -0.2) is 49.8 Å². The predicted octanol–water partition coefficient (Wildman–Crippen LogP) is 2.70. The zero-order chi connectivity index (χ0) is 24.9. The van der Waals surface area contributed by atoms with Crippen molar-refractivity contribution in [3.05, 3.63) is 59.2 Å². The van der Waals surface area contributed by atoms with Gasteiger partial charge in [-0.1, -0.05) is 6.07 Å². The first-order valence-corrected chi connectivity index (χ1v) is 11.1. The molecule has 34 heavy (non-hydrogen) atoms. The molecule has 182 valence electrons. The summed E-state index contributed by atoms with van der Waals surface area (Å²) in [6.07, 6.45) is 2.14. The van der Waals surface area contributed by atoms with Gasteiger partial charge in [-0.15, -0.1) is 0 Å². The maximum Gasteiger partial charge on any atom is 0.329 e. The number of carbonyl (C=O) groups is 3. The summed E-state index contributed by atoms with van der Waals surface area (Å²) < 4.78 is 10.9. The first-order valence-electron chi connectivity index (χ1n) is 11.1. The van der Waals surface area contributed by atoms with Gasteiger partial charge in [0, 0.05) is 18.8 Å². The van der Waals surface area contributed by atoms with E-state index in [2.05, 4.69) is 21.2 Å².